The number of hydrogen-bond acceptors (Lipinski definition) is 4. The molecular weight excluding hydrogens is 132 g/mol. The highest BCUT2D eigenvalue weighted by atomic mass is 16.1. The Morgan fingerprint density at radius 2 is 2.50 bits per heavy atom. The third-order valence-electron chi connectivity index (χ3n) is 1.07. The lowest BCUT2D eigenvalue weighted by atomic mass is 10.7. The summed E-state index contributed by atoms with van der Waals surface area (Å²) in [6.45, 7) is 2.33. The van der Waals surface area contributed by atoms with Crippen LogP contribution in [-0.4, -0.2) is 14.8 Å². The second-order valence-electron chi connectivity index (χ2n) is 1.78. The fourth-order valence-corrected chi connectivity index (χ4v) is 0.592. The number of aryl methyl sites for hydroxylation is 1. The number of nitrogens with zero attached hydrogens (tertiary/aromatic N) is 3. The van der Waals surface area contributed by atoms with Crippen molar-refractivity contribution < 1.29 is 0 Å². The molecule has 1 heterocycles. The van der Waals surface area contributed by atoms with Gasteiger partial charge in [0.1, 0.15) is 5.82 Å². The molecule has 0 aliphatic heterocycles. The third-order valence-corrected chi connectivity index (χ3v) is 1.07. The van der Waals surface area contributed by atoms with E-state index in [0.29, 0.717) is 6.54 Å². The number of anilines is 1. The second kappa shape index (κ2) is 2.47. The Morgan fingerprint density at radius 3 is 3.00 bits per heavy atom. The van der Waals surface area contributed by atoms with E-state index in [1.165, 1.54) is 10.9 Å². The van der Waals surface area contributed by atoms with Crippen molar-refractivity contribution in [3.8, 4) is 0 Å². The molecule has 0 unspecified atom stereocenters. The Hall–Kier alpha value is -1.39. The zero-order valence-corrected chi connectivity index (χ0v) is 5.61. The zero-order valence-electron chi connectivity index (χ0n) is 5.61. The molecule has 0 atom stereocenters. The first-order valence-corrected chi connectivity index (χ1v) is 2.93. The lowest BCUT2D eigenvalue weighted by molar-refractivity contribution is 0.595. The van der Waals surface area contributed by atoms with E-state index in [4.69, 9.17) is 5.73 Å². The summed E-state index contributed by atoms with van der Waals surface area (Å²) in [7, 11) is 0. The summed E-state index contributed by atoms with van der Waals surface area (Å²) in [5.74, 6) is 0.162. The van der Waals surface area contributed by atoms with Crippen LogP contribution in [0.5, 0.6) is 0 Å². The van der Waals surface area contributed by atoms with Crippen LogP contribution < -0.4 is 11.4 Å². The number of rotatable bonds is 1. The standard InChI is InChI=1S/C5H8N4O/c1-2-9-5(10)8-4(6)3-7-9/h3H,2H2,1H3,(H2,6,8,10). The number of nitrogen functional groups attached to an aromatic ring is 1. The first-order chi connectivity index (χ1) is 4.74. The maximum atomic E-state index is 10.8. The molecule has 5 nitrogen and oxygen atoms in total. The van der Waals surface area contributed by atoms with Crippen molar-refractivity contribution in [2.45, 2.75) is 13.5 Å². The van der Waals surface area contributed by atoms with Crippen molar-refractivity contribution in [3.63, 3.8) is 0 Å². The van der Waals surface area contributed by atoms with Gasteiger partial charge in [-0.1, -0.05) is 0 Å². The molecule has 54 valence electrons. The molecule has 0 amide bonds. The predicted molar refractivity (Wildman–Crippen MR) is 36.4 cm³/mol. The summed E-state index contributed by atoms with van der Waals surface area (Å²) in [5.41, 5.74) is 4.79. The Morgan fingerprint density at radius 1 is 1.80 bits per heavy atom. The van der Waals surface area contributed by atoms with E-state index < -0.39 is 5.69 Å². The average molecular weight is 140 g/mol. The van der Waals surface area contributed by atoms with Crippen LogP contribution in [-0.2, 0) is 6.54 Å². The van der Waals surface area contributed by atoms with Crippen LogP contribution >= 0.6 is 0 Å². The lowest BCUT2D eigenvalue weighted by Crippen LogP contribution is -2.25. The maximum Gasteiger partial charge on any atom is 0.365 e. The van der Waals surface area contributed by atoms with Gasteiger partial charge in [-0.05, 0) is 6.92 Å². The first kappa shape index (κ1) is 6.73. The summed E-state index contributed by atoms with van der Waals surface area (Å²) >= 11 is 0. The highest BCUT2D eigenvalue weighted by Gasteiger charge is 1.93. The van der Waals surface area contributed by atoms with Gasteiger partial charge in [0.25, 0.3) is 0 Å². The van der Waals surface area contributed by atoms with Crippen molar-refractivity contribution in [2.75, 3.05) is 5.73 Å². The fraction of sp³-hybridized carbons (Fsp3) is 0.400. The minimum absolute atomic E-state index is 0.162. The largest absolute Gasteiger partial charge is 0.382 e. The smallest absolute Gasteiger partial charge is 0.365 e. The van der Waals surface area contributed by atoms with Gasteiger partial charge in [0.2, 0.25) is 0 Å². The van der Waals surface area contributed by atoms with Gasteiger partial charge in [0, 0.05) is 6.54 Å². The Kier molecular flexibility index (Phi) is 1.66. The van der Waals surface area contributed by atoms with Crippen LogP contribution in [0.15, 0.2) is 11.0 Å². The molecule has 1 aromatic heterocycles. The highest BCUT2D eigenvalue weighted by molar-refractivity contribution is 5.19. The Balaban J connectivity index is 3.20. The van der Waals surface area contributed by atoms with E-state index in [-0.39, 0.29) is 5.82 Å². The van der Waals surface area contributed by atoms with Crippen LogP contribution in [0.1, 0.15) is 6.92 Å². The quantitative estimate of drug-likeness (QED) is 0.556. The molecule has 0 radical (unpaired) electrons. The van der Waals surface area contributed by atoms with Crippen LogP contribution in [0.2, 0.25) is 0 Å². The summed E-state index contributed by atoms with van der Waals surface area (Å²) in [5, 5.41) is 3.71. The van der Waals surface area contributed by atoms with Gasteiger partial charge in [-0.2, -0.15) is 10.1 Å². The van der Waals surface area contributed by atoms with Crippen molar-refractivity contribution >= 4 is 5.82 Å². The number of hydrogen-bond donors (Lipinski definition) is 1. The van der Waals surface area contributed by atoms with E-state index in [0.717, 1.165) is 0 Å². The summed E-state index contributed by atoms with van der Waals surface area (Å²) in [6.07, 6.45) is 1.35. The molecule has 1 aromatic rings. The molecule has 0 aromatic carbocycles. The molecular formula is C5H8N4O. The maximum absolute atomic E-state index is 10.8. The van der Waals surface area contributed by atoms with Gasteiger partial charge in [0.05, 0.1) is 6.20 Å². The number of nitrogens with two attached hydrogens (primary N) is 1. The Bertz CT molecular complexity index is 279. The molecule has 0 spiro atoms. The van der Waals surface area contributed by atoms with E-state index in [1.54, 1.807) is 0 Å². The SMILES string of the molecule is CCn1ncc(N)nc1=O. The molecule has 5 heteroatoms. The molecule has 0 aliphatic rings. The van der Waals surface area contributed by atoms with Crippen molar-refractivity contribution in [1.29, 1.82) is 0 Å². The van der Waals surface area contributed by atoms with Crippen LogP contribution in [0.4, 0.5) is 5.82 Å². The molecule has 1 rings (SSSR count). The normalized spacial score (nSPS) is 9.70. The van der Waals surface area contributed by atoms with Crippen LogP contribution in [0, 0.1) is 0 Å². The van der Waals surface area contributed by atoms with Crippen LogP contribution in [0.3, 0.4) is 0 Å². The molecule has 0 saturated carbocycles. The third kappa shape index (κ3) is 1.12. The van der Waals surface area contributed by atoms with Gasteiger partial charge >= 0.3 is 5.69 Å². The summed E-state index contributed by atoms with van der Waals surface area (Å²) in [4.78, 5) is 14.2. The summed E-state index contributed by atoms with van der Waals surface area (Å²) in [6, 6.07) is 0. The second-order valence-corrected chi connectivity index (χ2v) is 1.78. The minimum Gasteiger partial charge on any atom is -0.382 e. The molecule has 0 bridgehead atoms. The first-order valence-electron chi connectivity index (χ1n) is 2.93. The van der Waals surface area contributed by atoms with Crippen molar-refractivity contribution in [3.05, 3.63) is 16.7 Å². The monoisotopic (exact) mass is 140 g/mol. The van der Waals surface area contributed by atoms with Gasteiger partial charge in [-0.15, -0.1) is 0 Å². The number of aromatic nitrogens is 3. The minimum atomic E-state index is -0.400. The van der Waals surface area contributed by atoms with E-state index in [9.17, 15) is 4.79 Å². The molecule has 0 fully saturated rings. The molecule has 10 heavy (non-hydrogen) atoms. The summed E-state index contributed by atoms with van der Waals surface area (Å²) < 4.78 is 1.23. The van der Waals surface area contributed by atoms with Crippen LogP contribution in [0.25, 0.3) is 0 Å². The molecule has 0 saturated heterocycles. The zero-order chi connectivity index (χ0) is 7.56. The topological polar surface area (TPSA) is 73.8 Å². The predicted octanol–water partition coefficient (Wildman–Crippen LogP) is -0.760. The fourth-order valence-electron chi connectivity index (χ4n) is 0.592. The van der Waals surface area contributed by atoms with Gasteiger partial charge < -0.3 is 5.73 Å². The van der Waals surface area contributed by atoms with Gasteiger partial charge in [0.15, 0.2) is 0 Å². The van der Waals surface area contributed by atoms with Gasteiger partial charge in [-0.3, -0.25) is 0 Å². The van der Waals surface area contributed by atoms with Gasteiger partial charge in [-0.25, -0.2) is 9.48 Å². The van der Waals surface area contributed by atoms with E-state index >= 15 is 0 Å². The Labute approximate surface area is 57.5 Å². The molecule has 0 aliphatic carbocycles. The van der Waals surface area contributed by atoms with Crippen molar-refractivity contribution in [2.24, 2.45) is 0 Å². The van der Waals surface area contributed by atoms with E-state index in [2.05, 4.69) is 10.1 Å². The van der Waals surface area contributed by atoms with E-state index in [1.807, 2.05) is 6.92 Å². The highest BCUT2D eigenvalue weighted by Crippen LogP contribution is 1.82. The van der Waals surface area contributed by atoms with Crippen molar-refractivity contribution in [1.82, 2.24) is 14.8 Å². The average Bonchev–Trinajstić information content (AvgIpc) is 1.88. The lowest BCUT2D eigenvalue weighted by Gasteiger charge is -1.96. The molecule has 2 N–H and O–H groups in total.